The monoisotopic (exact) mass is 697 g/mol. The van der Waals surface area contributed by atoms with E-state index in [-0.39, 0.29) is 18.1 Å². The van der Waals surface area contributed by atoms with E-state index in [1.54, 1.807) is 12.1 Å². The summed E-state index contributed by atoms with van der Waals surface area (Å²) in [6.45, 7) is 3.21. The number of aromatic carboxylic acids is 1. The average Bonchev–Trinajstić information content (AvgIpc) is 3.69. The summed E-state index contributed by atoms with van der Waals surface area (Å²) in [7, 11) is 3.83. The van der Waals surface area contributed by atoms with Crippen LogP contribution in [0.5, 0.6) is 5.75 Å². The van der Waals surface area contributed by atoms with Gasteiger partial charge in [-0.15, -0.1) is 33.9 Å². The van der Waals surface area contributed by atoms with Gasteiger partial charge < -0.3 is 20.1 Å². The number of para-hydroxylation sites is 1. The van der Waals surface area contributed by atoms with E-state index in [1.165, 1.54) is 28.7 Å². The Morgan fingerprint density at radius 2 is 1.92 bits per heavy atom. The first-order valence-electron chi connectivity index (χ1n) is 15.7. The fourth-order valence-electron chi connectivity index (χ4n) is 4.76. The van der Waals surface area contributed by atoms with E-state index in [4.69, 9.17) is 11.2 Å². The molecule has 5 rings (SSSR count). The number of nitrogens with zero attached hydrogens (tertiary/aromatic N) is 6. The topological polar surface area (TPSA) is 117 Å². The third-order valence-corrected chi connectivity index (χ3v) is 9.30. The first-order chi connectivity index (χ1) is 23.7. The van der Waals surface area contributed by atoms with Gasteiger partial charge >= 0.3 is 5.97 Å². The van der Waals surface area contributed by atoms with Crippen molar-refractivity contribution in [2.45, 2.75) is 39.0 Å². The summed E-state index contributed by atoms with van der Waals surface area (Å²) >= 11 is 2.81. The largest absolute Gasteiger partial charge is 0.491 e. The molecule has 0 fully saturated rings. The molecule has 0 saturated carbocycles. The molecule has 0 unspecified atom stereocenters. The number of thiazole rings is 2. The first-order valence-corrected chi connectivity index (χ1v) is 17.3. The molecular formula is C36H36FN7O3S2. The van der Waals surface area contributed by atoms with Crippen LogP contribution in [0.4, 0.5) is 26.3 Å². The number of rotatable bonds is 15. The van der Waals surface area contributed by atoms with Crippen molar-refractivity contribution in [3.63, 3.8) is 0 Å². The third kappa shape index (κ3) is 9.51. The summed E-state index contributed by atoms with van der Waals surface area (Å²) in [6, 6.07) is 14.4. The molecule has 0 saturated heterocycles. The third-order valence-electron chi connectivity index (χ3n) is 7.21. The van der Waals surface area contributed by atoms with Crippen molar-refractivity contribution in [2.24, 2.45) is 0 Å². The lowest BCUT2D eigenvalue weighted by Crippen LogP contribution is -2.20. The van der Waals surface area contributed by atoms with Gasteiger partial charge in [-0.2, -0.15) is 0 Å². The maximum absolute atomic E-state index is 14.6. The molecule has 252 valence electrons. The highest BCUT2D eigenvalue weighted by molar-refractivity contribution is 7.22. The van der Waals surface area contributed by atoms with Crippen molar-refractivity contribution < 1.29 is 19.0 Å². The second-order valence-corrected chi connectivity index (χ2v) is 13.5. The molecule has 0 radical (unpaired) electrons. The van der Waals surface area contributed by atoms with Crippen LogP contribution < -0.4 is 15.0 Å². The zero-order chi connectivity index (χ0) is 34.8. The summed E-state index contributed by atoms with van der Waals surface area (Å²) in [5.74, 6) is 8.19. The Hall–Kier alpha value is -5.08. The normalized spacial score (nSPS) is 10.9. The number of carboxylic acids is 1. The van der Waals surface area contributed by atoms with Gasteiger partial charge in [-0.05, 0) is 88.7 Å². The Bertz CT molecular complexity index is 1990. The number of aromatic nitrogens is 4. The molecule has 3 heterocycles. The number of carbonyl (C=O) groups is 1. The Morgan fingerprint density at radius 3 is 2.65 bits per heavy atom. The van der Waals surface area contributed by atoms with Crippen LogP contribution in [0.2, 0.25) is 0 Å². The molecule has 0 aliphatic carbocycles. The van der Waals surface area contributed by atoms with E-state index >= 15 is 0 Å². The molecular weight excluding hydrogens is 662 g/mol. The van der Waals surface area contributed by atoms with E-state index in [1.807, 2.05) is 61.2 Å². The number of benzene rings is 2. The zero-order valence-electron chi connectivity index (χ0n) is 27.5. The smallest absolute Gasteiger partial charge is 0.355 e. The number of anilines is 4. The van der Waals surface area contributed by atoms with Gasteiger partial charge in [0, 0.05) is 23.4 Å². The number of nitrogens with one attached hydrogen (secondary N) is 1. The molecule has 0 spiro atoms. The van der Waals surface area contributed by atoms with E-state index in [0.717, 1.165) is 28.6 Å². The summed E-state index contributed by atoms with van der Waals surface area (Å²) in [5.41, 5.74) is 2.28. The number of carboxylic acid groups (broad SMARTS) is 1. The highest BCUT2D eigenvalue weighted by Crippen LogP contribution is 2.34. The Kier molecular flexibility index (Phi) is 12.1. The summed E-state index contributed by atoms with van der Waals surface area (Å²) in [5, 5.41) is 23.4. The standard InChI is InChI=1S/C36H36FN7O3S2/c1-5-6-7-10-20-44(31-22-24(2)33(42-41-31)40-35-38-27-14-8-9-15-29(27)48-35)36-39-32(34(45)46)30(49-36)16-12-21-47-28-18-17-25(23-26(28)37)13-11-19-43(3)4/h1,8-9,14-15,17-18,22-23H,6-7,10,12,16,19-21H2,2-4H3,(H,45,46)(H,38,40,42). The van der Waals surface area contributed by atoms with Gasteiger partial charge in [0.1, 0.15) is 0 Å². The molecule has 0 amide bonds. The van der Waals surface area contributed by atoms with Gasteiger partial charge in [0.05, 0.1) is 23.4 Å². The average molecular weight is 698 g/mol. The van der Waals surface area contributed by atoms with Gasteiger partial charge in [-0.3, -0.25) is 4.90 Å². The predicted molar refractivity (Wildman–Crippen MR) is 194 cm³/mol. The van der Waals surface area contributed by atoms with Gasteiger partial charge in [0.15, 0.2) is 39.2 Å². The lowest BCUT2D eigenvalue weighted by atomic mass is 10.2. The molecule has 5 aromatic rings. The van der Waals surface area contributed by atoms with E-state index in [2.05, 4.69) is 43.2 Å². The number of ether oxygens (including phenoxy) is 1. The molecule has 2 N–H and O–H groups in total. The summed E-state index contributed by atoms with van der Waals surface area (Å²) < 4.78 is 21.4. The van der Waals surface area contributed by atoms with Crippen LogP contribution in [-0.2, 0) is 6.42 Å². The van der Waals surface area contributed by atoms with Crippen LogP contribution in [0.15, 0.2) is 48.5 Å². The minimum atomic E-state index is -1.12. The van der Waals surface area contributed by atoms with Crippen molar-refractivity contribution in [1.29, 1.82) is 0 Å². The van der Waals surface area contributed by atoms with Crippen molar-refractivity contribution in [3.05, 3.63) is 76.0 Å². The maximum atomic E-state index is 14.6. The Labute approximate surface area is 293 Å². The molecule has 10 nitrogen and oxygen atoms in total. The molecule has 0 atom stereocenters. The molecule has 0 bridgehead atoms. The van der Waals surface area contributed by atoms with Gasteiger partial charge in [-0.1, -0.05) is 35.3 Å². The van der Waals surface area contributed by atoms with Crippen molar-refractivity contribution in [3.8, 4) is 29.9 Å². The van der Waals surface area contributed by atoms with Crippen LogP contribution in [0, 0.1) is 36.9 Å². The van der Waals surface area contributed by atoms with Crippen molar-refractivity contribution >= 4 is 60.8 Å². The quantitative estimate of drug-likeness (QED) is 0.0853. The van der Waals surface area contributed by atoms with E-state index in [9.17, 15) is 14.3 Å². The lowest BCUT2D eigenvalue weighted by Gasteiger charge is -2.21. The van der Waals surface area contributed by atoms with Crippen molar-refractivity contribution in [1.82, 2.24) is 25.1 Å². The number of halogens is 1. The second-order valence-electron chi connectivity index (χ2n) is 11.4. The number of hydrogen-bond acceptors (Lipinski definition) is 11. The number of terminal acetylenes is 1. The Morgan fingerprint density at radius 1 is 1.08 bits per heavy atom. The van der Waals surface area contributed by atoms with Gasteiger partial charge in [0.25, 0.3) is 0 Å². The molecule has 49 heavy (non-hydrogen) atoms. The number of fused-ring (bicyclic) bond motifs is 1. The molecule has 0 aliphatic rings. The first kappa shape index (κ1) is 35.2. The minimum absolute atomic E-state index is 0.0285. The van der Waals surface area contributed by atoms with E-state index < -0.39 is 11.8 Å². The van der Waals surface area contributed by atoms with Crippen LogP contribution in [0.25, 0.3) is 10.2 Å². The maximum Gasteiger partial charge on any atom is 0.355 e. The molecule has 13 heteroatoms. The second kappa shape index (κ2) is 16.8. The van der Waals surface area contributed by atoms with Crippen LogP contribution in [0.1, 0.15) is 52.2 Å². The SMILES string of the molecule is C#CCCCCN(c1cc(C)c(Nc2nc3ccccc3s2)nn1)c1nc(C(=O)O)c(CCCOc2ccc(C#CCN(C)C)cc2F)s1. The van der Waals surface area contributed by atoms with Crippen LogP contribution in [-0.4, -0.2) is 69.9 Å². The number of hydrogen-bond donors (Lipinski definition) is 2. The number of aryl methyl sites for hydroxylation is 2. The van der Waals surface area contributed by atoms with Gasteiger partial charge in [0.2, 0.25) is 0 Å². The Balaban J connectivity index is 1.29. The number of unbranched alkanes of at least 4 members (excludes halogenated alkanes) is 2. The highest BCUT2D eigenvalue weighted by atomic mass is 32.1. The summed E-state index contributed by atoms with van der Waals surface area (Å²) in [4.78, 5) is 25.8. The fourth-order valence-corrected chi connectivity index (χ4v) is 6.75. The molecule has 3 aromatic heterocycles. The fraction of sp³-hybridized carbons (Fsp3) is 0.306. The predicted octanol–water partition coefficient (Wildman–Crippen LogP) is 7.30. The molecule has 2 aromatic carbocycles. The highest BCUT2D eigenvalue weighted by Gasteiger charge is 2.23. The summed E-state index contributed by atoms with van der Waals surface area (Å²) in [6.07, 6.45) is 8.47. The van der Waals surface area contributed by atoms with Crippen LogP contribution in [0.3, 0.4) is 0 Å². The minimum Gasteiger partial charge on any atom is -0.491 e. The molecule has 0 aliphatic heterocycles. The van der Waals surface area contributed by atoms with Crippen molar-refractivity contribution in [2.75, 3.05) is 44.0 Å². The lowest BCUT2D eigenvalue weighted by molar-refractivity contribution is 0.0690. The van der Waals surface area contributed by atoms with Gasteiger partial charge in [-0.25, -0.2) is 19.2 Å². The zero-order valence-corrected chi connectivity index (χ0v) is 29.1. The van der Waals surface area contributed by atoms with E-state index in [0.29, 0.717) is 64.7 Å². The van der Waals surface area contributed by atoms with Crippen LogP contribution >= 0.6 is 22.7 Å².